The van der Waals surface area contributed by atoms with Crippen molar-refractivity contribution >= 4 is 29.4 Å². The van der Waals surface area contributed by atoms with Gasteiger partial charge in [0.15, 0.2) is 5.78 Å². The Morgan fingerprint density at radius 2 is 1.67 bits per heavy atom. The third-order valence-corrected chi connectivity index (χ3v) is 8.26. The number of methoxy groups -OCH3 is 1. The molecule has 4 amide bonds. The van der Waals surface area contributed by atoms with Gasteiger partial charge in [0.25, 0.3) is 0 Å². The van der Waals surface area contributed by atoms with Crippen LogP contribution in [0.15, 0.2) is 24.3 Å². The normalized spacial score (nSPS) is 24.0. The Hall–Kier alpha value is -3.55. The zero-order valence-electron chi connectivity index (χ0n) is 25.4. The zero-order chi connectivity index (χ0) is 31.1. The highest BCUT2D eigenvalue weighted by atomic mass is 16.6. The van der Waals surface area contributed by atoms with Crippen molar-refractivity contribution in [3.05, 3.63) is 29.8 Å². The van der Waals surface area contributed by atoms with E-state index in [1.807, 2.05) is 4.90 Å². The van der Waals surface area contributed by atoms with E-state index >= 15 is 0 Å². The molecule has 1 aromatic carbocycles. The Labute approximate surface area is 251 Å². The summed E-state index contributed by atoms with van der Waals surface area (Å²) in [6.45, 7) is 6.52. The molecule has 0 bridgehead atoms. The average Bonchev–Trinajstić information content (AvgIpc) is 3.68. The summed E-state index contributed by atoms with van der Waals surface area (Å²) >= 11 is 0. The number of carbonyl (C=O) groups is 5. The maximum absolute atomic E-state index is 13.8. The number of Topliss-reactive ketones (excluding diaryl/α,β-unsaturated/α-hetero) is 1. The number of nitrogens with one attached hydrogen (secondary N) is 3. The number of carbonyl (C=O) groups excluding carboxylic acids is 5. The molecule has 43 heavy (non-hydrogen) atoms. The Balaban J connectivity index is 1.46. The number of hydrogen-bond donors (Lipinski definition) is 3. The van der Waals surface area contributed by atoms with Crippen molar-refractivity contribution < 1.29 is 38.2 Å². The number of ether oxygens (including phenoxy) is 3. The van der Waals surface area contributed by atoms with Crippen LogP contribution in [0.3, 0.4) is 0 Å². The fourth-order valence-corrected chi connectivity index (χ4v) is 5.34. The lowest BCUT2D eigenvalue weighted by atomic mass is 9.90. The van der Waals surface area contributed by atoms with Crippen molar-refractivity contribution in [1.29, 1.82) is 0 Å². The molecule has 3 aliphatic rings. The largest absolute Gasteiger partial charge is 0.497 e. The zero-order valence-corrected chi connectivity index (χ0v) is 25.4. The molecule has 0 spiro atoms. The standard InChI is InChI=1S/C30H43N5O8/c1-19(31-25(36)17-35-11-13-42-14-12-35)27(38)33-24(15-20-5-7-22(41-4)8-6-20)28(39)32-23(26(37)30(2)18-43-30)16-21-9-10-34(3)29(21)40/h5-8,19,21,23-24H,9-18H2,1-4H3,(H,31,36)(H,32,39)(H,33,38)/t19-,21?,23-,24-,30-/m0/s1. The van der Waals surface area contributed by atoms with Crippen LogP contribution in [0.1, 0.15) is 32.3 Å². The Morgan fingerprint density at radius 3 is 2.26 bits per heavy atom. The minimum Gasteiger partial charge on any atom is -0.497 e. The fourth-order valence-electron chi connectivity index (χ4n) is 5.34. The van der Waals surface area contributed by atoms with Gasteiger partial charge in [0.2, 0.25) is 23.6 Å². The molecule has 4 rings (SSSR count). The van der Waals surface area contributed by atoms with Crippen molar-refractivity contribution in [2.24, 2.45) is 5.92 Å². The van der Waals surface area contributed by atoms with Gasteiger partial charge in [0.05, 0.1) is 39.5 Å². The summed E-state index contributed by atoms with van der Waals surface area (Å²) in [7, 11) is 3.26. The molecule has 5 atom stereocenters. The number of benzene rings is 1. The molecule has 236 valence electrons. The van der Waals surface area contributed by atoms with E-state index in [1.165, 1.54) is 0 Å². The first kappa shape index (κ1) is 32.4. The van der Waals surface area contributed by atoms with Crippen LogP contribution < -0.4 is 20.7 Å². The second-order valence-electron chi connectivity index (χ2n) is 11.7. The molecule has 0 radical (unpaired) electrons. The van der Waals surface area contributed by atoms with Gasteiger partial charge in [-0.05, 0) is 44.4 Å². The Morgan fingerprint density at radius 1 is 1.02 bits per heavy atom. The van der Waals surface area contributed by atoms with Crippen molar-refractivity contribution in [3.63, 3.8) is 0 Å². The minimum absolute atomic E-state index is 0.0707. The predicted octanol–water partition coefficient (Wildman–Crippen LogP) is -0.729. The summed E-state index contributed by atoms with van der Waals surface area (Å²) in [5.41, 5.74) is -0.266. The van der Waals surface area contributed by atoms with Gasteiger partial charge in [-0.2, -0.15) is 0 Å². The van der Waals surface area contributed by atoms with Crippen LogP contribution in [0.25, 0.3) is 0 Å². The van der Waals surface area contributed by atoms with Crippen LogP contribution in [0.5, 0.6) is 5.75 Å². The van der Waals surface area contributed by atoms with Crippen LogP contribution >= 0.6 is 0 Å². The van der Waals surface area contributed by atoms with Gasteiger partial charge in [0.1, 0.15) is 23.4 Å². The topological polar surface area (TPSA) is 159 Å². The summed E-state index contributed by atoms with van der Waals surface area (Å²) in [6.07, 6.45) is 0.847. The highest BCUT2D eigenvalue weighted by molar-refractivity contribution is 5.99. The number of hydrogen-bond acceptors (Lipinski definition) is 9. The number of likely N-dealkylation sites (tertiary alicyclic amines) is 1. The Kier molecular flexibility index (Phi) is 10.7. The first-order valence-electron chi connectivity index (χ1n) is 14.8. The summed E-state index contributed by atoms with van der Waals surface area (Å²) in [5.74, 6) is -1.57. The molecule has 1 unspecified atom stereocenters. The highest BCUT2D eigenvalue weighted by Crippen LogP contribution is 2.31. The number of amides is 4. The third kappa shape index (κ3) is 8.74. The summed E-state index contributed by atoms with van der Waals surface area (Å²) in [6, 6.07) is 4.12. The van der Waals surface area contributed by atoms with Crippen LogP contribution in [-0.2, 0) is 39.9 Å². The SMILES string of the molecule is COc1ccc(C[C@H](NC(=O)[C@H](C)NC(=O)CN2CCOCC2)C(=O)N[C@@H](CC2CCN(C)C2=O)C(=O)[C@]2(C)CO2)cc1. The van der Waals surface area contributed by atoms with E-state index in [9.17, 15) is 24.0 Å². The molecule has 13 nitrogen and oxygen atoms in total. The predicted molar refractivity (Wildman–Crippen MR) is 155 cm³/mol. The van der Waals surface area contributed by atoms with E-state index in [0.717, 1.165) is 5.56 Å². The molecule has 0 aromatic heterocycles. The molecule has 3 aliphatic heterocycles. The highest BCUT2D eigenvalue weighted by Gasteiger charge is 2.51. The second-order valence-corrected chi connectivity index (χ2v) is 11.7. The van der Waals surface area contributed by atoms with Gasteiger partial charge < -0.3 is 35.1 Å². The lowest BCUT2D eigenvalue weighted by Crippen LogP contribution is -2.57. The van der Waals surface area contributed by atoms with Gasteiger partial charge >= 0.3 is 0 Å². The lowest BCUT2D eigenvalue weighted by Gasteiger charge is -2.27. The van der Waals surface area contributed by atoms with Gasteiger partial charge in [-0.1, -0.05) is 12.1 Å². The maximum Gasteiger partial charge on any atom is 0.243 e. The van der Waals surface area contributed by atoms with Gasteiger partial charge in [-0.3, -0.25) is 28.9 Å². The van der Waals surface area contributed by atoms with Crippen LogP contribution in [0.2, 0.25) is 0 Å². The molecule has 13 heteroatoms. The third-order valence-electron chi connectivity index (χ3n) is 8.26. The van der Waals surface area contributed by atoms with Crippen LogP contribution in [-0.4, -0.2) is 123 Å². The lowest BCUT2D eigenvalue weighted by molar-refractivity contribution is -0.135. The number of morpholine rings is 1. The molecule has 3 N–H and O–H groups in total. The van der Waals surface area contributed by atoms with E-state index < -0.39 is 41.5 Å². The molecule has 1 aromatic rings. The summed E-state index contributed by atoms with van der Waals surface area (Å²) in [5, 5.41) is 8.29. The fraction of sp³-hybridized carbons (Fsp3) is 0.633. The molecule has 0 aliphatic carbocycles. The first-order chi connectivity index (χ1) is 20.5. The van der Waals surface area contributed by atoms with E-state index in [-0.39, 0.29) is 43.6 Å². The molecule has 3 saturated heterocycles. The van der Waals surface area contributed by atoms with Crippen molar-refractivity contribution in [1.82, 2.24) is 25.8 Å². The van der Waals surface area contributed by atoms with Crippen molar-refractivity contribution in [3.8, 4) is 5.75 Å². The maximum atomic E-state index is 13.8. The Bertz CT molecular complexity index is 1180. The number of nitrogens with zero attached hydrogens (tertiary/aromatic N) is 2. The van der Waals surface area contributed by atoms with E-state index in [1.54, 1.807) is 57.2 Å². The quantitative estimate of drug-likeness (QED) is 0.234. The van der Waals surface area contributed by atoms with Gasteiger partial charge in [0, 0.05) is 39.0 Å². The van der Waals surface area contributed by atoms with Crippen LogP contribution in [0, 0.1) is 5.92 Å². The molecule has 3 heterocycles. The average molecular weight is 602 g/mol. The summed E-state index contributed by atoms with van der Waals surface area (Å²) in [4.78, 5) is 69.1. The molecular weight excluding hydrogens is 558 g/mol. The van der Waals surface area contributed by atoms with E-state index in [0.29, 0.717) is 45.0 Å². The second kappa shape index (κ2) is 14.3. The monoisotopic (exact) mass is 601 g/mol. The first-order valence-corrected chi connectivity index (χ1v) is 14.8. The van der Waals surface area contributed by atoms with Crippen LogP contribution in [0.4, 0.5) is 0 Å². The molecular formula is C30H43N5O8. The molecule has 3 fully saturated rings. The van der Waals surface area contributed by atoms with Gasteiger partial charge in [-0.25, -0.2) is 0 Å². The number of rotatable bonds is 14. The number of ketones is 1. The molecule has 0 saturated carbocycles. The van der Waals surface area contributed by atoms with E-state index in [4.69, 9.17) is 14.2 Å². The van der Waals surface area contributed by atoms with Crippen molar-refractivity contribution in [2.45, 2.75) is 56.8 Å². The minimum atomic E-state index is -1.07. The summed E-state index contributed by atoms with van der Waals surface area (Å²) < 4.78 is 15.9. The smallest absolute Gasteiger partial charge is 0.243 e. The number of epoxide rings is 1. The van der Waals surface area contributed by atoms with Gasteiger partial charge in [-0.15, -0.1) is 0 Å². The van der Waals surface area contributed by atoms with E-state index in [2.05, 4.69) is 16.0 Å². The van der Waals surface area contributed by atoms with Crippen molar-refractivity contribution in [2.75, 3.05) is 60.2 Å².